The van der Waals surface area contributed by atoms with E-state index in [0.717, 1.165) is 0 Å². The number of carbonyl (C=O) groups is 2. The van der Waals surface area contributed by atoms with Crippen LogP contribution in [0.2, 0.25) is 0 Å². The lowest BCUT2D eigenvalue weighted by Gasteiger charge is -2.03. The number of nitrogens with one attached hydrogen (secondary N) is 2. The van der Waals surface area contributed by atoms with Gasteiger partial charge in [-0.3, -0.25) is 19.7 Å². The van der Waals surface area contributed by atoms with E-state index in [0.29, 0.717) is 6.54 Å². The summed E-state index contributed by atoms with van der Waals surface area (Å²) in [6, 6.07) is 0. The zero-order valence-corrected chi connectivity index (χ0v) is 7.00. The van der Waals surface area contributed by atoms with Crippen molar-refractivity contribution in [2.75, 3.05) is 19.7 Å². The van der Waals surface area contributed by atoms with Gasteiger partial charge in [0.2, 0.25) is 5.91 Å². The highest BCUT2D eigenvalue weighted by Crippen LogP contribution is 1.68. The molecular formula is C7H11N3O3. The lowest BCUT2D eigenvalue weighted by molar-refractivity contribution is -0.137. The summed E-state index contributed by atoms with van der Waals surface area (Å²) in [4.78, 5) is 25.3. The number of hydroxylamine groups is 1. The number of nitrogens with two attached hydrogens (primary N) is 1. The molecule has 0 aliphatic rings. The molecule has 6 nitrogen and oxygen atoms in total. The molecule has 72 valence electrons. The molecule has 0 heterocycles. The van der Waals surface area contributed by atoms with E-state index >= 15 is 0 Å². The summed E-state index contributed by atoms with van der Waals surface area (Å²) in [5.74, 6) is 1.22. The van der Waals surface area contributed by atoms with E-state index in [4.69, 9.17) is 12.2 Å². The Morgan fingerprint density at radius 3 is 2.77 bits per heavy atom. The minimum atomic E-state index is -0.656. The first-order valence-corrected chi connectivity index (χ1v) is 3.50. The van der Waals surface area contributed by atoms with Crippen molar-refractivity contribution in [3.8, 4) is 12.3 Å². The average molecular weight is 185 g/mol. The van der Waals surface area contributed by atoms with Crippen LogP contribution in [-0.4, -0.2) is 31.5 Å². The maximum Gasteiger partial charge on any atom is 0.257 e. The highest BCUT2D eigenvalue weighted by atomic mass is 16.7. The molecule has 0 saturated carbocycles. The number of carbonyl (C=O) groups excluding carboxylic acids is 2. The predicted octanol–water partition coefficient (Wildman–Crippen LogP) is -2.26. The molecular weight excluding hydrogens is 174 g/mol. The summed E-state index contributed by atoms with van der Waals surface area (Å²) in [6.07, 6.45) is 4.92. The normalized spacial score (nSPS) is 8.85. The van der Waals surface area contributed by atoms with Gasteiger partial charge >= 0.3 is 0 Å². The first kappa shape index (κ1) is 11.4. The largest absolute Gasteiger partial charge is 0.368 e. The van der Waals surface area contributed by atoms with Crippen molar-refractivity contribution in [1.82, 2.24) is 10.8 Å². The van der Waals surface area contributed by atoms with Crippen LogP contribution in [-0.2, 0) is 14.4 Å². The SMILES string of the molecule is C#CCNCC(=O)NOCC(N)=O. The van der Waals surface area contributed by atoms with Crippen molar-refractivity contribution in [2.24, 2.45) is 5.73 Å². The second-order valence-corrected chi connectivity index (χ2v) is 2.09. The molecule has 0 unspecified atom stereocenters. The first-order valence-electron chi connectivity index (χ1n) is 3.50. The fraction of sp³-hybridized carbons (Fsp3) is 0.429. The van der Waals surface area contributed by atoms with Crippen LogP contribution in [0.4, 0.5) is 0 Å². The van der Waals surface area contributed by atoms with Crippen molar-refractivity contribution in [3.63, 3.8) is 0 Å². The lowest BCUT2D eigenvalue weighted by atomic mass is 10.5. The van der Waals surface area contributed by atoms with Crippen molar-refractivity contribution in [2.45, 2.75) is 0 Å². The summed E-state index contributed by atoms with van der Waals surface area (Å²) >= 11 is 0. The topological polar surface area (TPSA) is 93.4 Å². The van der Waals surface area contributed by atoms with E-state index in [1.54, 1.807) is 0 Å². The number of hydrogen-bond donors (Lipinski definition) is 3. The third-order valence-corrected chi connectivity index (χ3v) is 0.913. The van der Waals surface area contributed by atoms with Crippen LogP contribution in [0.1, 0.15) is 0 Å². The van der Waals surface area contributed by atoms with Gasteiger partial charge in [0.05, 0.1) is 13.1 Å². The van der Waals surface area contributed by atoms with Gasteiger partial charge in [-0.15, -0.1) is 6.42 Å². The molecule has 0 rings (SSSR count). The number of primary amides is 1. The van der Waals surface area contributed by atoms with Crippen molar-refractivity contribution in [1.29, 1.82) is 0 Å². The van der Waals surface area contributed by atoms with Crippen LogP contribution in [0.15, 0.2) is 0 Å². The number of rotatable bonds is 6. The number of amides is 2. The fourth-order valence-corrected chi connectivity index (χ4v) is 0.472. The van der Waals surface area contributed by atoms with Crippen LogP contribution in [0.5, 0.6) is 0 Å². The standard InChI is InChI=1S/C7H11N3O3/c1-2-3-9-4-7(12)10-13-5-6(8)11/h1,9H,3-5H2,(H2,8,11)(H,10,12). The molecule has 4 N–H and O–H groups in total. The molecule has 0 spiro atoms. The summed E-state index contributed by atoms with van der Waals surface area (Å²) in [7, 11) is 0. The van der Waals surface area contributed by atoms with Crippen LogP contribution in [0, 0.1) is 12.3 Å². The lowest BCUT2D eigenvalue weighted by Crippen LogP contribution is -2.36. The second kappa shape index (κ2) is 7.09. The van der Waals surface area contributed by atoms with Gasteiger partial charge in [-0.25, -0.2) is 5.48 Å². The van der Waals surface area contributed by atoms with E-state index < -0.39 is 11.8 Å². The Bertz CT molecular complexity index is 222. The quantitative estimate of drug-likeness (QED) is 0.247. The van der Waals surface area contributed by atoms with Crippen LogP contribution in [0.25, 0.3) is 0 Å². The molecule has 0 aromatic heterocycles. The molecule has 0 fully saturated rings. The van der Waals surface area contributed by atoms with Crippen LogP contribution >= 0.6 is 0 Å². The minimum Gasteiger partial charge on any atom is -0.368 e. The minimum absolute atomic E-state index is 0.0307. The molecule has 0 radical (unpaired) electrons. The molecule has 0 aromatic rings. The van der Waals surface area contributed by atoms with Gasteiger partial charge in [0, 0.05) is 0 Å². The van der Waals surface area contributed by atoms with E-state index in [2.05, 4.69) is 16.1 Å². The van der Waals surface area contributed by atoms with Crippen molar-refractivity contribution in [3.05, 3.63) is 0 Å². The summed E-state index contributed by atoms with van der Waals surface area (Å²) in [5, 5.41) is 2.63. The Morgan fingerprint density at radius 1 is 1.54 bits per heavy atom. The van der Waals surface area contributed by atoms with Gasteiger partial charge in [0.1, 0.15) is 0 Å². The first-order chi connectivity index (χ1) is 6.16. The third-order valence-electron chi connectivity index (χ3n) is 0.913. The van der Waals surface area contributed by atoms with E-state index in [1.165, 1.54) is 0 Å². The molecule has 6 heteroatoms. The van der Waals surface area contributed by atoms with Gasteiger partial charge in [0.15, 0.2) is 6.61 Å². The van der Waals surface area contributed by atoms with Gasteiger partial charge in [-0.2, -0.15) is 0 Å². The molecule has 0 bridgehead atoms. The average Bonchev–Trinajstić information content (AvgIpc) is 2.04. The van der Waals surface area contributed by atoms with E-state index in [-0.39, 0.29) is 13.2 Å². The Morgan fingerprint density at radius 2 is 2.23 bits per heavy atom. The molecule has 0 atom stereocenters. The fourth-order valence-electron chi connectivity index (χ4n) is 0.472. The maximum absolute atomic E-state index is 10.8. The van der Waals surface area contributed by atoms with Crippen molar-refractivity contribution < 1.29 is 14.4 Å². The zero-order valence-electron chi connectivity index (χ0n) is 7.00. The van der Waals surface area contributed by atoms with Gasteiger partial charge in [0.25, 0.3) is 5.91 Å². The van der Waals surface area contributed by atoms with Gasteiger partial charge in [-0.05, 0) is 0 Å². The van der Waals surface area contributed by atoms with Gasteiger partial charge < -0.3 is 5.73 Å². The van der Waals surface area contributed by atoms with Crippen LogP contribution < -0.4 is 16.5 Å². The van der Waals surface area contributed by atoms with Crippen LogP contribution in [0.3, 0.4) is 0 Å². The molecule has 0 aliphatic heterocycles. The van der Waals surface area contributed by atoms with E-state index in [9.17, 15) is 9.59 Å². The summed E-state index contributed by atoms with van der Waals surface area (Å²) < 4.78 is 0. The molecule has 0 aromatic carbocycles. The highest BCUT2D eigenvalue weighted by molar-refractivity contribution is 5.78. The zero-order chi connectivity index (χ0) is 10.1. The van der Waals surface area contributed by atoms with E-state index in [1.807, 2.05) is 5.48 Å². The number of hydrogen-bond acceptors (Lipinski definition) is 4. The molecule has 0 aliphatic carbocycles. The summed E-state index contributed by atoms with van der Waals surface area (Å²) in [5.41, 5.74) is 6.74. The van der Waals surface area contributed by atoms with Crippen molar-refractivity contribution >= 4 is 11.8 Å². The monoisotopic (exact) mass is 185 g/mol. The highest BCUT2D eigenvalue weighted by Gasteiger charge is 2.00. The predicted molar refractivity (Wildman–Crippen MR) is 45.0 cm³/mol. The molecule has 13 heavy (non-hydrogen) atoms. The Kier molecular flexibility index (Phi) is 6.23. The Labute approximate surface area is 75.8 Å². The summed E-state index contributed by atoms with van der Waals surface area (Å²) in [6.45, 7) is -0.0208. The molecule has 2 amide bonds. The Balaban J connectivity index is 3.31. The number of terminal acetylenes is 1. The molecule has 0 saturated heterocycles. The second-order valence-electron chi connectivity index (χ2n) is 2.09. The third kappa shape index (κ3) is 8.33. The smallest absolute Gasteiger partial charge is 0.257 e. The Hall–Kier alpha value is -1.58. The van der Waals surface area contributed by atoms with Gasteiger partial charge in [-0.1, -0.05) is 5.92 Å². The maximum atomic E-state index is 10.8.